The number of carbonyl (C=O) groups excluding carboxylic acids is 1. The quantitative estimate of drug-likeness (QED) is 0.751. The highest BCUT2D eigenvalue weighted by molar-refractivity contribution is 5.97. The van der Waals surface area contributed by atoms with Crippen molar-refractivity contribution in [2.75, 3.05) is 12.4 Å². The molecule has 3 rings (SSSR count). The Morgan fingerprint density at radius 2 is 1.96 bits per heavy atom. The van der Waals surface area contributed by atoms with Crippen LogP contribution in [-0.4, -0.2) is 22.8 Å². The van der Waals surface area contributed by atoms with Gasteiger partial charge in [-0.15, -0.1) is 0 Å². The monoisotopic (exact) mass is 335 g/mol. The molecule has 0 spiro atoms. The molecule has 128 valence electrons. The predicted octanol–water partition coefficient (Wildman–Crippen LogP) is 3.43. The average molecular weight is 335 g/mol. The molecule has 5 heteroatoms. The van der Waals surface area contributed by atoms with Crippen LogP contribution in [0, 0.1) is 0 Å². The largest absolute Gasteiger partial charge is 0.364 e. The molecule has 3 aromatic rings. The lowest BCUT2D eigenvalue weighted by Gasteiger charge is -2.27. The summed E-state index contributed by atoms with van der Waals surface area (Å²) in [6.45, 7) is 2.42. The molecular weight excluding hydrogens is 314 g/mol. The molecule has 0 bridgehead atoms. The van der Waals surface area contributed by atoms with Crippen LogP contribution in [0.2, 0.25) is 0 Å². The first kappa shape index (κ1) is 16.9. The second-order valence-electron chi connectivity index (χ2n) is 5.96. The Morgan fingerprint density at radius 1 is 1.16 bits per heavy atom. The lowest BCUT2D eigenvalue weighted by molar-refractivity contribution is -0.136. The number of hydrogen-bond donors (Lipinski definition) is 1. The van der Waals surface area contributed by atoms with Crippen molar-refractivity contribution in [1.82, 2.24) is 9.78 Å². The van der Waals surface area contributed by atoms with E-state index >= 15 is 0 Å². The molecule has 0 aliphatic heterocycles. The molecule has 1 aromatic heterocycles. The molecular formula is C20H21N3O2. The van der Waals surface area contributed by atoms with E-state index in [1.165, 1.54) is 0 Å². The predicted molar refractivity (Wildman–Crippen MR) is 97.2 cm³/mol. The second kappa shape index (κ2) is 7.32. The minimum atomic E-state index is -1.06. The van der Waals surface area contributed by atoms with Gasteiger partial charge in [0.15, 0.2) is 5.60 Å². The highest BCUT2D eigenvalue weighted by atomic mass is 16.5. The fourth-order valence-corrected chi connectivity index (χ4v) is 2.68. The first-order valence-electron chi connectivity index (χ1n) is 8.10. The molecule has 0 aliphatic rings. The van der Waals surface area contributed by atoms with Crippen LogP contribution in [0.15, 0.2) is 73.1 Å². The Morgan fingerprint density at radius 3 is 2.64 bits per heavy atom. The van der Waals surface area contributed by atoms with Gasteiger partial charge in [-0.1, -0.05) is 42.5 Å². The molecule has 0 saturated heterocycles. The van der Waals surface area contributed by atoms with Gasteiger partial charge in [-0.3, -0.25) is 9.48 Å². The zero-order valence-corrected chi connectivity index (χ0v) is 14.3. The van der Waals surface area contributed by atoms with Crippen LogP contribution in [0.3, 0.4) is 0 Å². The summed E-state index contributed by atoms with van der Waals surface area (Å²) in [5.41, 5.74) is 1.54. The number of aromatic nitrogens is 2. The van der Waals surface area contributed by atoms with Crippen LogP contribution in [0.25, 0.3) is 0 Å². The third-order valence-corrected chi connectivity index (χ3v) is 4.25. The van der Waals surface area contributed by atoms with Crippen LogP contribution < -0.4 is 5.32 Å². The van der Waals surface area contributed by atoms with Gasteiger partial charge in [0.1, 0.15) is 0 Å². The zero-order valence-electron chi connectivity index (χ0n) is 14.3. The van der Waals surface area contributed by atoms with Crippen LogP contribution in [0.5, 0.6) is 0 Å². The molecule has 2 aromatic carbocycles. The molecule has 0 fully saturated rings. The van der Waals surface area contributed by atoms with Crippen molar-refractivity contribution in [1.29, 1.82) is 0 Å². The third kappa shape index (κ3) is 3.78. The molecule has 0 aliphatic carbocycles. The zero-order chi connectivity index (χ0) is 17.7. The van der Waals surface area contributed by atoms with Gasteiger partial charge in [-0.05, 0) is 36.2 Å². The van der Waals surface area contributed by atoms with Gasteiger partial charge < -0.3 is 10.1 Å². The van der Waals surface area contributed by atoms with E-state index in [1.807, 2.05) is 71.5 Å². The first-order valence-corrected chi connectivity index (χ1v) is 8.10. The van der Waals surface area contributed by atoms with Crippen LogP contribution in [0.4, 0.5) is 5.69 Å². The SMILES string of the molecule is CO[C@@](C)(C(=O)Nc1cccc(Cn2cccn2)c1)c1ccccc1. The van der Waals surface area contributed by atoms with Gasteiger partial charge in [0.2, 0.25) is 0 Å². The molecule has 1 heterocycles. The first-order chi connectivity index (χ1) is 12.1. The smallest absolute Gasteiger partial charge is 0.260 e. The van der Waals surface area contributed by atoms with Crippen molar-refractivity contribution >= 4 is 11.6 Å². The van der Waals surface area contributed by atoms with Crippen LogP contribution in [-0.2, 0) is 21.7 Å². The van der Waals surface area contributed by atoms with E-state index in [9.17, 15) is 4.79 Å². The molecule has 1 amide bonds. The van der Waals surface area contributed by atoms with Gasteiger partial charge in [0.05, 0.1) is 6.54 Å². The summed E-state index contributed by atoms with van der Waals surface area (Å²) in [6.07, 6.45) is 3.65. The molecule has 1 atom stereocenters. The normalized spacial score (nSPS) is 13.2. The third-order valence-electron chi connectivity index (χ3n) is 4.25. The molecule has 5 nitrogen and oxygen atoms in total. The van der Waals surface area contributed by atoms with Gasteiger partial charge in [-0.2, -0.15) is 5.10 Å². The van der Waals surface area contributed by atoms with E-state index in [0.717, 1.165) is 16.8 Å². The highest BCUT2D eigenvalue weighted by Crippen LogP contribution is 2.26. The maximum absolute atomic E-state index is 12.8. The van der Waals surface area contributed by atoms with Crippen molar-refractivity contribution in [3.05, 3.63) is 84.2 Å². The van der Waals surface area contributed by atoms with Gasteiger partial charge in [0, 0.05) is 25.2 Å². The molecule has 0 radical (unpaired) electrons. The number of carbonyl (C=O) groups is 1. The maximum Gasteiger partial charge on any atom is 0.260 e. The number of amides is 1. The number of rotatable bonds is 6. The van der Waals surface area contributed by atoms with E-state index < -0.39 is 5.60 Å². The molecule has 1 N–H and O–H groups in total. The Bertz CT molecular complexity index is 831. The topological polar surface area (TPSA) is 56.1 Å². The second-order valence-corrected chi connectivity index (χ2v) is 5.96. The molecule has 0 unspecified atom stereocenters. The minimum absolute atomic E-state index is 0.211. The Labute approximate surface area is 147 Å². The fraction of sp³-hybridized carbons (Fsp3) is 0.200. The minimum Gasteiger partial charge on any atom is -0.364 e. The van der Waals surface area contributed by atoms with Crippen molar-refractivity contribution in [2.24, 2.45) is 0 Å². The summed E-state index contributed by atoms with van der Waals surface area (Å²) in [5, 5.41) is 7.16. The number of ether oxygens (including phenoxy) is 1. The van der Waals surface area contributed by atoms with Gasteiger partial charge in [0.25, 0.3) is 5.91 Å². The summed E-state index contributed by atoms with van der Waals surface area (Å²) in [4.78, 5) is 12.8. The number of nitrogens with zero attached hydrogens (tertiary/aromatic N) is 2. The van der Waals surface area contributed by atoms with E-state index in [-0.39, 0.29) is 5.91 Å². The Hall–Kier alpha value is -2.92. The lowest BCUT2D eigenvalue weighted by atomic mass is 9.94. The van der Waals surface area contributed by atoms with E-state index in [2.05, 4.69) is 10.4 Å². The Kier molecular flexibility index (Phi) is 4.95. The Balaban J connectivity index is 1.78. The van der Waals surface area contributed by atoms with E-state index in [1.54, 1.807) is 20.2 Å². The standard InChI is InChI=1S/C20H21N3O2/c1-20(25-2,17-9-4-3-5-10-17)19(24)22-18-11-6-8-16(14-18)15-23-13-7-12-21-23/h3-14H,15H2,1-2H3,(H,22,24)/t20-/m1/s1. The van der Waals surface area contributed by atoms with E-state index in [4.69, 9.17) is 4.74 Å². The summed E-state index contributed by atoms with van der Waals surface area (Å²) in [5.74, 6) is -0.211. The van der Waals surface area contributed by atoms with Gasteiger partial charge >= 0.3 is 0 Å². The average Bonchev–Trinajstić information content (AvgIpc) is 3.15. The summed E-state index contributed by atoms with van der Waals surface area (Å²) >= 11 is 0. The number of anilines is 1. The molecule has 0 saturated carbocycles. The maximum atomic E-state index is 12.8. The van der Waals surface area contributed by atoms with Crippen molar-refractivity contribution < 1.29 is 9.53 Å². The number of nitrogens with one attached hydrogen (secondary N) is 1. The lowest BCUT2D eigenvalue weighted by Crippen LogP contribution is -2.39. The number of benzene rings is 2. The summed E-state index contributed by atoms with van der Waals surface area (Å²) in [6, 6.07) is 19.1. The van der Waals surface area contributed by atoms with Crippen LogP contribution >= 0.6 is 0 Å². The highest BCUT2D eigenvalue weighted by Gasteiger charge is 2.35. The van der Waals surface area contributed by atoms with Crippen molar-refractivity contribution in [3.63, 3.8) is 0 Å². The van der Waals surface area contributed by atoms with E-state index in [0.29, 0.717) is 6.54 Å². The molecule has 25 heavy (non-hydrogen) atoms. The number of hydrogen-bond acceptors (Lipinski definition) is 3. The van der Waals surface area contributed by atoms with Crippen molar-refractivity contribution in [2.45, 2.75) is 19.1 Å². The fourth-order valence-electron chi connectivity index (χ4n) is 2.68. The number of methoxy groups -OCH3 is 1. The van der Waals surface area contributed by atoms with Crippen molar-refractivity contribution in [3.8, 4) is 0 Å². The summed E-state index contributed by atoms with van der Waals surface area (Å²) < 4.78 is 7.38. The summed E-state index contributed by atoms with van der Waals surface area (Å²) in [7, 11) is 1.54. The van der Waals surface area contributed by atoms with Gasteiger partial charge in [-0.25, -0.2) is 0 Å². The van der Waals surface area contributed by atoms with Crippen LogP contribution in [0.1, 0.15) is 18.1 Å².